The number of benzene rings is 1. The van der Waals surface area contributed by atoms with E-state index in [1.54, 1.807) is 6.07 Å². The largest absolute Gasteiger partial charge is 0.573 e. The van der Waals surface area contributed by atoms with E-state index in [9.17, 15) is 18.0 Å². The molecule has 0 fully saturated rings. The van der Waals surface area contributed by atoms with Crippen molar-refractivity contribution in [2.24, 2.45) is 0 Å². The first kappa shape index (κ1) is 16.1. The summed E-state index contributed by atoms with van der Waals surface area (Å²) in [4.78, 5) is 11.6. The van der Waals surface area contributed by atoms with Crippen LogP contribution in [0.4, 0.5) is 13.2 Å². The summed E-state index contributed by atoms with van der Waals surface area (Å²) in [6, 6.07) is 3.58. The fraction of sp³-hybridized carbons (Fsp3) is 0.333. The zero-order valence-electron chi connectivity index (χ0n) is 10.3. The number of alkyl halides is 4. The van der Waals surface area contributed by atoms with Crippen molar-refractivity contribution >= 4 is 17.6 Å². The predicted molar refractivity (Wildman–Crippen MR) is 63.4 cm³/mol. The molecular formula is C12H9ClF3NO3. The first-order valence-electron chi connectivity index (χ1n) is 5.38. The molecule has 20 heavy (non-hydrogen) atoms. The fourth-order valence-corrected chi connectivity index (χ4v) is 1.63. The molecule has 0 aliphatic carbocycles. The lowest BCUT2D eigenvalue weighted by Gasteiger charge is -2.14. The molecular weight excluding hydrogens is 299 g/mol. The second-order valence-corrected chi connectivity index (χ2v) is 3.79. The third-order valence-corrected chi connectivity index (χ3v) is 2.47. The molecule has 0 unspecified atom stereocenters. The van der Waals surface area contributed by atoms with Gasteiger partial charge in [-0.1, -0.05) is 0 Å². The Bertz CT molecular complexity index is 552. The molecule has 4 nitrogen and oxygen atoms in total. The number of rotatable bonds is 4. The maximum atomic E-state index is 12.3. The van der Waals surface area contributed by atoms with Crippen LogP contribution in [0.15, 0.2) is 12.1 Å². The molecule has 1 aromatic rings. The SMILES string of the molecule is CCOC(=O)c1cc(OC(F)(F)F)c(CCl)cc1C#N. The van der Waals surface area contributed by atoms with Crippen LogP contribution in [0.3, 0.4) is 0 Å². The van der Waals surface area contributed by atoms with Crippen LogP contribution in [0.2, 0.25) is 0 Å². The third kappa shape index (κ3) is 4.03. The van der Waals surface area contributed by atoms with Gasteiger partial charge in [-0.3, -0.25) is 0 Å². The molecule has 0 aromatic heterocycles. The Hall–Kier alpha value is -1.94. The van der Waals surface area contributed by atoms with Crippen LogP contribution in [0.1, 0.15) is 28.4 Å². The molecule has 0 aliphatic rings. The number of hydrogen-bond acceptors (Lipinski definition) is 4. The summed E-state index contributed by atoms with van der Waals surface area (Å²) in [6.45, 7) is 1.56. The Morgan fingerprint density at radius 1 is 1.45 bits per heavy atom. The summed E-state index contributed by atoms with van der Waals surface area (Å²) < 4.78 is 45.3. The molecule has 8 heteroatoms. The molecule has 0 atom stereocenters. The lowest BCUT2D eigenvalue weighted by molar-refractivity contribution is -0.274. The molecule has 1 rings (SSSR count). The highest BCUT2D eigenvalue weighted by atomic mass is 35.5. The average molecular weight is 308 g/mol. The van der Waals surface area contributed by atoms with Gasteiger partial charge in [0.25, 0.3) is 0 Å². The minimum absolute atomic E-state index is 0.0242. The van der Waals surface area contributed by atoms with E-state index >= 15 is 0 Å². The van der Waals surface area contributed by atoms with Crippen LogP contribution < -0.4 is 4.74 Å². The second-order valence-electron chi connectivity index (χ2n) is 3.52. The van der Waals surface area contributed by atoms with Crippen LogP contribution in [0.25, 0.3) is 0 Å². The maximum absolute atomic E-state index is 12.3. The van der Waals surface area contributed by atoms with E-state index in [2.05, 4.69) is 9.47 Å². The fourth-order valence-electron chi connectivity index (χ4n) is 1.42. The smallest absolute Gasteiger partial charge is 0.462 e. The summed E-state index contributed by atoms with van der Waals surface area (Å²) in [6.07, 6.45) is -4.93. The molecule has 0 saturated heterocycles. The van der Waals surface area contributed by atoms with E-state index < -0.39 is 18.1 Å². The molecule has 0 amide bonds. The van der Waals surface area contributed by atoms with Crippen LogP contribution in [-0.2, 0) is 10.6 Å². The Balaban J connectivity index is 3.34. The average Bonchev–Trinajstić information content (AvgIpc) is 2.36. The van der Waals surface area contributed by atoms with Gasteiger partial charge in [-0.15, -0.1) is 24.8 Å². The van der Waals surface area contributed by atoms with Gasteiger partial charge in [0, 0.05) is 5.56 Å². The van der Waals surface area contributed by atoms with Gasteiger partial charge in [0.2, 0.25) is 0 Å². The van der Waals surface area contributed by atoms with Gasteiger partial charge in [0.1, 0.15) is 11.8 Å². The van der Waals surface area contributed by atoms with E-state index in [0.717, 1.165) is 12.1 Å². The highest BCUT2D eigenvalue weighted by Gasteiger charge is 2.33. The van der Waals surface area contributed by atoms with Crippen LogP contribution in [-0.4, -0.2) is 18.9 Å². The highest BCUT2D eigenvalue weighted by molar-refractivity contribution is 6.17. The number of carbonyl (C=O) groups excluding carboxylic acids is 1. The standard InChI is InChI=1S/C12H9ClF3NO3/c1-2-19-11(18)9-4-10(20-12(14,15)16)7(5-13)3-8(9)6-17/h3-4H,2,5H2,1H3. The van der Waals surface area contributed by atoms with Crippen molar-refractivity contribution in [1.82, 2.24) is 0 Å². The van der Waals surface area contributed by atoms with E-state index in [1.807, 2.05) is 0 Å². The lowest BCUT2D eigenvalue weighted by atomic mass is 10.0. The Morgan fingerprint density at radius 3 is 2.55 bits per heavy atom. The number of nitrogens with zero attached hydrogens (tertiary/aromatic N) is 1. The summed E-state index contributed by atoms with van der Waals surface area (Å²) in [5, 5.41) is 8.92. The molecule has 1 aromatic carbocycles. The molecule has 0 radical (unpaired) electrons. The van der Waals surface area contributed by atoms with E-state index in [-0.39, 0.29) is 29.2 Å². The quantitative estimate of drug-likeness (QED) is 0.632. The Morgan fingerprint density at radius 2 is 2.10 bits per heavy atom. The zero-order valence-corrected chi connectivity index (χ0v) is 11.0. The molecule has 0 aliphatic heterocycles. The molecule has 0 heterocycles. The van der Waals surface area contributed by atoms with E-state index in [1.165, 1.54) is 6.92 Å². The normalized spacial score (nSPS) is 10.8. The highest BCUT2D eigenvalue weighted by Crippen LogP contribution is 2.30. The van der Waals surface area contributed by atoms with Gasteiger partial charge in [-0.05, 0) is 19.1 Å². The van der Waals surface area contributed by atoms with Crippen molar-refractivity contribution < 1.29 is 27.4 Å². The number of nitriles is 1. The first-order chi connectivity index (χ1) is 9.32. The van der Waals surface area contributed by atoms with Crippen molar-refractivity contribution in [3.63, 3.8) is 0 Å². The molecule has 0 bridgehead atoms. The van der Waals surface area contributed by atoms with Gasteiger partial charge >= 0.3 is 12.3 Å². The Kier molecular flexibility index (Phi) is 5.22. The third-order valence-electron chi connectivity index (χ3n) is 2.19. The van der Waals surface area contributed by atoms with Crippen LogP contribution >= 0.6 is 11.6 Å². The van der Waals surface area contributed by atoms with Crippen molar-refractivity contribution in [1.29, 1.82) is 5.26 Å². The Labute approximate surface area is 117 Å². The van der Waals surface area contributed by atoms with Gasteiger partial charge in [0.15, 0.2) is 0 Å². The van der Waals surface area contributed by atoms with Gasteiger partial charge < -0.3 is 9.47 Å². The van der Waals surface area contributed by atoms with Crippen molar-refractivity contribution in [3.05, 3.63) is 28.8 Å². The number of ether oxygens (including phenoxy) is 2. The zero-order chi connectivity index (χ0) is 15.3. The topological polar surface area (TPSA) is 59.3 Å². The van der Waals surface area contributed by atoms with Crippen molar-refractivity contribution in [3.8, 4) is 11.8 Å². The van der Waals surface area contributed by atoms with Crippen LogP contribution in [0, 0.1) is 11.3 Å². The van der Waals surface area contributed by atoms with Gasteiger partial charge in [0.05, 0.1) is 23.6 Å². The summed E-state index contributed by atoms with van der Waals surface area (Å²) in [5.74, 6) is -1.84. The number of halogens is 4. The molecule has 108 valence electrons. The lowest BCUT2D eigenvalue weighted by Crippen LogP contribution is -2.19. The number of esters is 1. The van der Waals surface area contributed by atoms with Gasteiger partial charge in [-0.2, -0.15) is 5.26 Å². The first-order valence-corrected chi connectivity index (χ1v) is 5.91. The predicted octanol–water partition coefficient (Wildman–Crippen LogP) is 3.37. The second kappa shape index (κ2) is 6.48. The van der Waals surface area contributed by atoms with Gasteiger partial charge in [-0.25, -0.2) is 4.79 Å². The number of carbonyl (C=O) groups is 1. The van der Waals surface area contributed by atoms with Crippen molar-refractivity contribution in [2.75, 3.05) is 6.61 Å². The van der Waals surface area contributed by atoms with Crippen molar-refractivity contribution in [2.45, 2.75) is 19.2 Å². The minimum atomic E-state index is -4.93. The molecule has 0 saturated carbocycles. The van der Waals surface area contributed by atoms with E-state index in [0.29, 0.717) is 0 Å². The maximum Gasteiger partial charge on any atom is 0.573 e. The van der Waals surface area contributed by atoms with E-state index in [4.69, 9.17) is 16.9 Å². The summed E-state index contributed by atoms with van der Waals surface area (Å²) >= 11 is 5.51. The summed E-state index contributed by atoms with van der Waals surface area (Å²) in [5.41, 5.74) is -0.482. The molecule has 0 N–H and O–H groups in total. The minimum Gasteiger partial charge on any atom is -0.462 e. The summed E-state index contributed by atoms with van der Waals surface area (Å²) in [7, 11) is 0. The van der Waals surface area contributed by atoms with Crippen LogP contribution in [0.5, 0.6) is 5.75 Å². The monoisotopic (exact) mass is 307 g/mol. The molecule has 0 spiro atoms. The number of hydrogen-bond donors (Lipinski definition) is 0.